The Morgan fingerprint density at radius 2 is 2.00 bits per heavy atom. The minimum atomic E-state index is -0.492. The Morgan fingerprint density at radius 1 is 1.26 bits per heavy atom. The summed E-state index contributed by atoms with van der Waals surface area (Å²) in [5.41, 5.74) is 9.47. The summed E-state index contributed by atoms with van der Waals surface area (Å²) in [6, 6.07) is 11.1. The van der Waals surface area contributed by atoms with Crippen molar-refractivity contribution in [3.63, 3.8) is 0 Å². The Morgan fingerprint density at radius 3 is 2.63 bits per heavy atom. The monoisotopic (exact) mass is 275 g/mol. The molecule has 0 atom stereocenters. The molecule has 0 spiro atoms. The summed E-state index contributed by atoms with van der Waals surface area (Å²) in [6.07, 6.45) is 0. The van der Waals surface area contributed by atoms with Gasteiger partial charge in [0.15, 0.2) is 0 Å². The van der Waals surface area contributed by atoms with E-state index in [1.54, 1.807) is 6.07 Å². The third-order valence-electron chi connectivity index (χ3n) is 2.88. The van der Waals surface area contributed by atoms with Gasteiger partial charge in [0.05, 0.1) is 18.4 Å². The SMILES string of the molecule is COC(=O)c1cc(Cl)cc(-c2cccc(C)c2)c1N. The second kappa shape index (κ2) is 5.33. The van der Waals surface area contributed by atoms with Gasteiger partial charge >= 0.3 is 5.97 Å². The molecule has 0 fully saturated rings. The third kappa shape index (κ3) is 2.71. The summed E-state index contributed by atoms with van der Waals surface area (Å²) in [5, 5.41) is 0.450. The van der Waals surface area contributed by atoms with Crippen molar-refractivity contribution in [1.82, 2.24) is 0 Å². The van der Waals surface area contributed by atoms with Gasteiger partial charge in [-0.3, -0.25) is 0 Å². The van der Waals surface area contributed by atoms with E-state index in [-0.39, 0.29) is 5.56 Å². The molecular weight excluding hydrogens is 262 g/mol. The van der Waals surface area contributed by atoms with Crippen molar-refractivity contribution < 1.29 is 9.53 Å². The third-order valence-corrected chi connectivity index (χ3v) is 3.10. The van der Waals surface area contributed by atoms with Gasteiger partial charge in [-0.15, -0.1) is 0 Å². The van der Waals surface area contributed by atoms with Crippen molar-refractivity contribution in [3.05, 3.63) is 52.5 Å². The maximum absolute atomic E-state index is 11.7. The van der Waals surface area contributed by atoms with E-state index in [9.17, 15) is 4.79 Å². The number of halogens is 1. The van der Waals surface area contributed by atoms with Gasteiger partial charge in [0.25, 0.3) is 0 Å². The lowest BCUT2D eigenvalue weighted by Gasteiger charge is -2.11. The maximum Gasteiger partial charge on any atom is 0.340 e. The van der Waals surface area contributed by atoms with Gasteiger partial charge < -0.3 is 10.5 Å². The van der Waals surface area contributed by atoms with Crippen LogP contribution in [0.4, 0.5) is 5.69 Å². The van der Waals surface area contributed by atoms with Gasteiger partial charge in [-0.2, -0.15) is 0 Å². The van der Waals surface area contributed by atoms with Crippen LogP contribution in [0.25, 0.3) is 11.1 Å². The van der Waals surface area contributed by atoms with Gasteiger partial charge in [-0.05, 0) is 24.6 Å². The normalized spacial score (nSPS) is 10.3. The second-order valence-corrected chi connectivity index (χ2v) is 4.71. The van der Waals surface area contributed by atoms with E-state index in [1.165, 1.54) is 13.2 Å². The minimum absolute atomic E-state index is 0.284. The molecule has 19 heavy (non-hydrogen) atoms. The molecule has 2 N–H and O–H groups in total. The zero-order valence-corrected chi connectivity index (χ0v) is 11.5. The summed E-state index contributed by atoms with van der Waals surface area (Å²) in [4.78, 5) is 11.7. The van der Waals surface area contributed by atoms with Crippen LogP contribution in [-0.4, -0.2) is 13.1 Å². The Kier molecular flexibility index (Phi) is 3.76. The van der Waals surface area contributed by atoms with Crippen LogP contribution in [0.15, 0.2) is 36.4 Å². The summed E-state index contributed by atoms with van der Waals surface area (Å²) in [7, 11) is 1.31. The van der Waals surface area contributed by atoms with Crippen molar-refractivity contribution in [3.8, 4) is 11.1 Å². The molecular formula is C15H14ClNO2. The predicted molar refractivity (Wildman–Crippen MR) is 77.4 cm³/mol. The molecule has 0 saturated carbocycles. The maximum atomic E-state index is 11.7. The van der Waals surface area contributed by atoms with Gasteiger partial charge in [-0.1, -0.05) is 41.4 Å². The summed E-state index contributed by atoms with van der Waals surface area (Å²) >= 11 is 6.05. The van der Waals surface area contributed by atoms with Gasteiger partial charge in [0.1, 0.15) is 0 Å². The number of benzene rings is 2. The van der Waals surface area contributed by atoms with E-state index < -0.39 is 5.97 Å². The molecule has 0 aliphatic carbocycles. The zero-order valence-electron chi connectivity index (χ0n) is 10.7. The standard InChI is InChI=1S/C15H14ClNO2/c1-9-4-3-5-10(6-9)12-7-11(16)8-13(14(12)17)15(18)19-2/h3-8H,17H2,1-2H3. The fourth-order valence-corrected chi connectivity index (χ4v) is 2.17. The van der Waals surface area contributed by atoms with E-state index in [2.05, 4.69) is 0 Å². The highest BCUT2D eigenvalue weighted by Gasteiger charge is 2.15. The van der Waals surface area contributed by atoms with Crippen molar-refractivity contribution in [2.75, 3.05) is 12.8 Å². The number of carbonyl (C=O) groups excluding carboxylic acids is 1. The van der Waals surface area contributed by atoms with Crippen molar-refractivity contribution in [2.45, 2.75) is 6.92 Å². The number of ether oxygens (including phenoxy) is 1. The first-order valence-electron chi connectivity index (χ1n) is 5.77. The van der Waals surface area contributed by atoms with E-state index >= 15 is 0 Å². The van der Waals surface area contributed by atoms with Crippen LogP contribution in [0.5, 0.6) is 0 Å². The van der Waals surface area contributed by atoms with Crippen molar-refractivity contribution in [2.24, 2.45) is 0 Å². The molecule has 2 aromatic carbocycles. The molecule has 2 aromatic rings. The molecule has 0 unspecified atom stereocenters. The summed E-state index contributed by atoms with van der Waals surface area (Å²) in [5.74, 6) is -0.492. The molecule has 2 rings (SSSR count). The number of nitrogens with two attached hydrogens (primary N) is 1. The Bertz CT molecular complexity index is 638. The highest BCUT2D eigenvalue weighted by molar-refractivity contribution is 6.31. The topological polar surface area (TPSA) is 52.3 Å². The number of esters is 1. The zero-order chi connectivity index (χ0) is 14.0. The molecule has 3 nitrogen and oxygen atoms in total. The lowest BCUT2D eigenvalue weighted by atomic mass is 9.99. The van der Waals surface area contributed by atoms with Crippen LogP contribution in [-0.2, 0) is 4.74 Å². The summed E-state index contributed by atoms with van der Waals surface area (Å²) < 4.78 is 4.71. The molecule has 0 saturated heterocycles. The number of hydrogen-bond donors (Lipinski definition) is 1. The number of anilines is 1. The number of nitrogen functional groups attached to an aromatic ring is 1. The molecule has 0 radical (unpaired) electrons. The predicted octanol–water partition coefficient (Wildman–Crippen LogP) is 3.68. The lowest BCUT2D eigenvalue weighted by Crippen LogP contribution is -2.07. The molecule has 0 aromatic heterocycles. The minimum Gasteiger partial charge on any atom is -0.465 e. The average Bonchev–Trinajstić information content (AvgIpc) is 2.40. The molecule has 98 valence electrons. The Labute approximate surface area is 117 Å². The molecule has 0 bridgehead atoms. The largest absolute Gasteiger partial charge is 0.465 e. The van der Waals surface area contributed by atoms with E-state index in [0.717, 1.165) is 16.7 Å². The first kappa shape index (κ1) is 13.4. The molecule has 4 heteroatoms. The van der Waals surface area contributed by atoms with Crippen LogP contribution < -0.4 is 5.73 Å². The highest BCUT2D eigenvalue weighted by atomic mass is 35.5. The van der Waals surface area contributed by atoms with Crippen molar-refractivity contribution in [1.29, 1.82) is 0 Å². The summed E-state index contributed by atoms with van der Waals surface area (Å²) in [6.45, 7) is 1.99. The first-order valence-corrected chi connectivity index (χ1v) is 6.15. The molecule has 0 aliphatic heterocycles. The average molecular weight is 276 g/mol. The Balaban J connectivity index is 2.64. The second-order valence-electron chi connectivity index (χ2n) is 4.28. The molecule has 0 amide bonds. The number of rotatable bonds is 2. The van der Waals surface area contributed by atoms with Gasteiger partial charge in [0.2, 0.25) is 0 Å². The van der Waals surface area contributed by atoms with E-state index in [4.69, 9.17) is 22.1 Å². The quantitative estimate of drug-likeness (QED) is 0.672. The van der Waals surface area contributed by atoms with Crippen molar-refractivity contribution >= 4 is 23.3 Å². The number of methoxy groups -OCH3 is 1. The Hall–Kier alpha value is -2.00. The molecule has 0 aliphatic rings. The fraction of sp³-hybridized carbons (Fsp3) is 0.133. The van der Waals surface area contributed by atoms with Gasteiger partial charge in [-0.25, -0.2) is 4.79 Å². The van der Waals surface area contributed by atoms with E-state index in [1.807, 2.05) is 31.2 Å². The number of carbonyl (C=O) groups is 1. The van der Waals surface area contributed by atoms with Crippen LogP contribution in [0.3, 0.4) is 0 Å². The number of hydrogen-bond acceptors (Lipinski definition) is 3. The van der Waals surface area contributed by atoms with Crippen LogP contribution in [0.1, 0.15) is 15.9 Å². The van der Waals surface area contributed by atoms with Crippen LogP contribution in [0.2, 0.25) is 5.02 Å². The number of aryl methyl sites for hydroxylation is 1. The smallest absolute Gasteiger partial charge is 0.340 e. The molecule has 0 heterocycles. The van der Waals surface area contributed by atoms with E-state index in [0.29, 0.717) is 10.7 Å². The van der Waals surface area contributed by atoms with Gasteiger partial charge in [0, 0.05) is 10.6 Å². The van der Waals surface area contributed by atoms with Crippen LogP contribution >= 0.6 is 11.6 Å². The highest BCUT2D eigenvalue weighted by Crippen LogP contribution is 2.32. The fourth-order valence-electron chi connectivity index (χ4n) is 1.95. The van der Waals surface area contributed by atoms with Crippen LogP contribution in [0, 0.1) is 6.92 Å². The lowest BCUT2D eigenvalue weighted by molar-refractivity contribution is 0.0602. The first-order chi connectivity index (χ1) is 9.02.